The molecule has 13 nitrogen and oxygen atoms in total. The number of alkyl carbamates (subject to hydrolysis) is 1. The number of nitrogens with one attached hydrogen (secondary N) is 3. The van der Waals surface area contributed by atoms with E-state index in [9.17, 15) is 27.6 Å². The SMILES string of the molecule is C=C[C@@H]1C=C[C@]1(NC(=O)[C@@H]1C[C@@H]2CN1C(=O)[C@H](C1CCCC1)NC(=O)O[C@@H]1CCCC13CC3CCCCc1nc3ccc(Cl)cc3cc1O2)C(=O)NS(=O)(=O)C1CC1. The number of carbonyl (C=O) groups excluding carboxylic acids is 4. The van der Waals surface area contributed by atoms with Gasteiger partial charge in [0.05, 0.1) is 23.0 Å². The zero-order chi connectivity index (χ0) is 40.4. The molecule has 2 unspecified atom stereocenters. The summed E-state index contributed by atoms with van der Waals surface area (Å²) in [6.45, 7) is 3.85. The van der Waals surface area contributed by atoms with Crippen molar-refractivity contribution in [3.05, 3.63) is 59.8 Å². The number of hydrogen-bond acceptors (Lipinski definition) is 9. The second-order valence-electron chi connectivity index (χ2n) is 17.7. The van der Waals surface area contributed by atoms with Crippen molar-refractivity contribution in [1.82, 2.24) is 25.2 Å². The van der Waals surface area contributed by atoms with Crippen molar-refractivity contribution in [1.29, 1.82) is 0 Å². The van der Waals surface area contributed by atoms with Gasteiger partial charge in [0.25, 0.3) is 5.91 Å². The van der Waals surface area contributed by atoms with E-state index in [1.54, 1.807) is 6.08 Å². The largest absolute Gasteiger partial charge is 0.487 e. The summed E-state index contributed by atoms with van der Waals surface area (Å²) in [5.74, 6) is -1.79. The Hall–Kier alpha value is -4.17. The van der Waals surface area contributed by atoms with E-state index >= 15 is 0 Å². The second-order valence-corrected chi connectivity index (χ2v) is 20.1. The second kappa shape index (κ2) is 15.1. The minimum Gasteiger partial charge on any atom is -0.487 e. The first-order chi connectivity index (χ1) is 27.9. The molecule has 7 aliphatic rings. The minimum atomic E-state index is -3.94. The topological polar surface area (TPSA) is 173 Å². The molecule has 1 saturated heterocycles. The van der Waals surface area contributed by atoms with Gasteiger partial charge in [0.15, 0.2) is 0 Å². The molecule has 310 valence electrons. The number of ether oxygens (including phenoxy) is 2. The summed E-state index contributed by atoms with van der Waals surface area (Å²) in [6, 6.07) is 5.38. The number of aromatic nitrogens is 1. The van der Waals surface area contributed by atoms with Crippen molar-refractivity contribution < 1.29 is 37.1 Å². The van der Waals surface area contributed by atoms with E-state index in [0.29, 0.717) is 36.0 Å². The summed E-state index contributed by atoms with van der Waals surface area (Å²) in [4.78, 5) is 63.7. The maximum atomic E-state index is 15.0. The summed E-state index contributed by atoms with van der Waals surface area (Å²) in [5.41, 5.74) is -0.185. The Labute approximate surface area is 344 Å². The number of nitrogens with zero attached hydrogens (tertiary/aromatic N) is 2. The van der Waals surface area contributed by atoms with Gasteiger partial charge in [-0.1, -0.05) is 49.1 Å². The molecule has 2 aromatic rings. The summed E-state index contributed by atoms with van der Waals surface area (Å²) in [5, 5.41) is 6.54. The highest BCUT2D eigenvalue weighted by atomic mass is 35.5. The molecule has 58 heavy (non-hydrogen) atoms. The molecule has 4 saturated carbocycles. The Morgan fingerprint density at radius 2 is 1.81 bits per heavy atom. The highest BCUT2D eigenvalue weighted by Gasteiger charge is 2.62. The number of pyridine rings is 1. The van der Waals surface area contributed by atoms with Crippen molar-refractivity contribution in [3.63, 3.8) is 0 Å². The molecule has 0 radical (unpaired) electrons. The monoisotopic (exact) mass is 833 g/mol. The maximum Gasteiger partial charge on any atom is 0.408 e. The molecular weight excluding hydrogens is 782 g/mol. The van der Waals surface area contributed by atoms with Crippen molar-refractivity contribution in [3.8, 4) is 5.75 Å². The fourth-order valence-electron chi connectivity index (χ4n) is 10.6. The zero-order valence-electron chi connectivity index (χ0n) is 32.6. The molecule has 4 amide bonds. The van der Waals surface area contributed by atoms with Crippen LogP contribution in [0.5, 0.6) is 5.75 Å². The van der Waals surface area contributed by atoms with E-state index in [2.05, 4.69) is 21.9 Å². The van der Waals surface area contributed by atoms with Gasteiger partial charge < -0.3 is 25.0 Å². The molecule has 5 aliphatic carbocycles. The van der Waals surface area contributed by atoms with Crippen LogP contribution in [0.1, 0.15) is 95.6 Å². The minimum absolute atomic E-state index is 0.0186. The first-order valence-corrected chi connectivity index (χ1v) is 23.0. The molecule has 1 spiro atoms. The van der Waals surface area contributed by atoms with Crippen LogP contribution in [-0.2, 0) is 35.6 Å². The number of hydrogen-bond donors (Lipinski definition) is 3. The van der Waals surface area contributed by atoms with E-state index < -0.39 is 68.7 Å². The Morgan fingerprint density at radius 1 is 1.02 bits per heavy atom. The molecule has 5 fully saturated rings. The van der Waals surface area contributed by atoms with Crippen LogP contribution in [0.4, 0.5) is 4.79 Å². The summed E-state index contributed by atoms with van der Waals surface area (Å²) in [6.07, 6.45) is 14.8. The number of rotatable bonds is 7. The predicted octanol–water partition coefficient (Wildman–Crippen LogP) is 5.64. The lowest BCUT2D eigenvalue weighted by Crippen LogP contribution is -2.67. The highest BCUT2D eigenvalue weighted by Crippen LogP contribution is 2.65. The lowest BCUT2D eigenvalue weighted by molar-refractivity contribution is -0.142. The number of aryl methyl sites for hydroxylation is 1. The predicted molar refractivity (Wildman–Crippen MR) is 216 cm³/mol. The highest BCUT2D eigenvalue weighted by molar-refractivity contribution is 7.91. The number of halogens is 1. The average Bonchev–Trinajstić information content (AvgIpc) is 3.97. The zero-order valence-corrected chi connectivity index (χ0v) is 34.2. The molecule has 2 bridgehead atoms. The van der Waals surface area contributed by atoms with Crippen LogP contribution in [0.15, 0.2) is 49.1 Å². The fourth-order valence-corrected chi connectivity index (χ4v) is 12.1. The van der Waals surface area contributed by atoms with Crippen LogP contribution < -0.4 is 20.1 Å². The third kappa shape index (κ3) is 7.26. The van der Waals surface area contributed by atoms with Gasteiger partial charge in [-0.25, -0.2) is 18.2 Å². The van der Waals surface area contributed by atoms with Gasteiger partial charge in [0.1, 0.15) is 35.6 Å². The van der Waals surface area contributed by atoms with Crippen LogP contribution >= 0.6 is 11.6 Å². The van der Waals surface area contributed by atoms with Crippen molar-refractivity contribution >= 4 is 56.3 Å². The summed E-state index contributed by atoms with van der Waals surface area (Å²) in [7, 11) is -3.94. The number of benzene rings is 1. The van der Waals surface area contributed by atoms with Gasteiger partial charge in [-0.05, 0) is 107 Å². The number of amides is 4. The maximum absolute atomic E-state index is 15.0. The molecule has 8 atom stereocenters. The molecular formula is C43H52ClN5O8S. The Morgan fingerprint density at radius 3 is 2.55 bits per heavy atom. The van der Waals surface area contributed by atoms with Gasteiger partial charge in [0.2, 0.25) is 21.8 Å². The van der Waals surface area contributed by atoms with Crippen LogP contribution in [0.3, 0.4) is 0 Å². The standard InChI is InChI=1S/C43H52ClN5O8S/c1-2-27-17-19-43(27,40(52)48-58(54,55)31-14-15-31)47-38(50)34-22-30-24-49(34)39(51)37(25-8-3-4-9-25)46-41(53)57-36-12-7-18-42(36)23-28(42)10-5-6-11-33-35(56-30)21-26-20-29(44)13-16-32(26)45-33/h2,13,16-17,19-21,25,27-28,30-31,34,36-37H,1,3-12,14-15,18,22-24H2,(H,46,53)(H,47,50)(H,48,52)/t27-,28?,30-,34+,36-,37+,42?,43-/m1/s1. The lowest BCUT2D eigenvalue weighted by atomic mass is 9.73. The first kappa shape index (κ1) is 39.3. The molecule has 15 heteroatoms. The third-order valence-corrected chi connectivity index (χ3v) is 16.2. The van der Waals surface area contributed by atoms with Crippen molar-refractivity contribution in [2.75, 3.05) is 6.54 Å². The molecule has 9 rings (SSSR count). The molecule has 2 aliphatic heterocycles. The molecule has 1 aromatic carbocycles. The normalized spacial score (nSPS) is 33.9. The van der Waals surface area contributed by atoms with Gasteiger partial charge in [-0.3, -0.25) is 19.1 Å². The van der Waals surface area contributed by atoms with E-state index in [1.165, 1.54) is 17.1 Å². The fraction of sp³-hybridized carbons (Fsp3) is 0.605. The first-order valence-electron chi connectivity index (χ1n) is 21.1. The van der Waals surface area contributed by atoms with E-state index in [-0.39, 0.29) is 30.4 Å². The van der Waals surface area contributed by atoms with Gasteiger partial charge in [0, 0.05) is 28.2 Å². The van der Waals surface area contributed by atoms with Gasteiger partial charge >= 0.3 is 6.09 Å². The Kier molecular flexibility index (Phi) is 10.3. The van der Waals surface area contributed by atoms with Crippen molar-refractivity contribution in [2.24, 2.45) is 23.2 Å². The van der Waals surface area contributed by atoms with Crippen LogP contribution in [0.25, 0.3) is 10.9 Å². The van der Waals surface area contributed by atoms with E-state index in [1.807, 2.05) is 24.3 Å². The Balaban J connectivity index is 1.06. The quantitative estimate of drug-likeness (QED) is 0.299. The van der Waals surface area contributed by atoms with Crippen LogP contribution in [0, 0.1) is 23.2 Å². The van der Waals surface area contributed by atoms with Gasteiger partial charge in [-0.2, -0.15) is 0 Å². The molecule has 3 N–H and O–H groups in total. The van der Waals surface area contributed by atoms with Crippen molar-refractivity contribution in [2.45, 2.75) is 131 Å². The number of carbonyl (C=O) groups is 4. The summed E-state index contributed by atoms with van der Waals surface area (Å²) < 4.78 is 40.9. The number of fused-ring (bicyclic) bond motifs is 4. The van der Waals surface area contributed by atoms with Gasteiger partial charge in [-0.15, -0.1) is 6.58 Å². The average molecular weight is 834 g/mol. The number of sulfonamides is 1. The summed E-state index contributed by atoms with van der Waals surface area (Å²) >= 11 is 6.40. The lowest BCUT2D eigenvalue weighted by Gasteiger charge is -2.42. The van der Waals surface area contributed by atoms with Crippen LogP contribution in [0.2, 0.25) is 5.02 Å². The molecule has 3 heterocycles. The van der Waals surface area contributed by atoms with Crippen LogP contribution in [-0.4, -0.2) is 83.7 Å². The third-order valence-electron chi connectivity index (χ3n) is 14.1. The molecule has 1 aromatic heterocycles. The Bertz CT molecular complexity index is 2170. The smallest absolute Gasteiger partial charge is 0.408 e. The van der Waals surface area contributed by atoms with E-state index in [4.69, 9.17) is 26.1 Å². The van der Waals surface area contributed by atoms with E-state index in [0.717, 1.165) is 87.2 Å².